The molecule has 0 unspecified atom stereocenters. The van der Waals surface area contributed by atoms with Crippen LogP contribution in [0.1, 0.15) is 89.5 Å². The third-order valence-electron chi connectivity index (χ3n) is 24.5. The van der Waals surface area contributed by atoms with Crippen LogP contribution < -0.4 is 28.3 Å². The number of hydrogen-bond acceptors (Lipinski definition) is 14. The smallest absolute Gasteiger partial charge is 0.211 e. The molecule has 8 aromatic rings. The first-order valence-electron chi connectivity index (χ1n) is 38.8. The number of nitrogens with one attached hydrogen (secondary N) is 1. The fraction of sp³-hybridized carbons (Fsp3) is 0.420. The van der Waals surface area contributed by atoms with E-state index in [1.165, 1.54) is 12.0 Å². The molecule has 36 heteroatoms. The molecule has 0 spiro atoms. The average molecular weight is 2130 g/mol. The summed E-state index contributed by atoms with van der Waals surface area (Å²) in [6.45, 7) is 5.85. The first-order valence-corrected chi connectivity index (χ1v) is 49.2. The van der Waals surface area contributed by atoms with E-state index in [0.717, 1.165) is 90.2 Å². The number of nitrogens with two attached hydrogens (primary N) is 4. The minimum Gasteiger partial charge on any atom is -0.396 e. The predicted molar refractivity (Wildman–Crippen MR) is 520 cm³/mol. The van der Waals surface area contributed by atoms with Crippen LogP contribution >= 0.6 is 242 Å². The number of fused-ring (bicyclic) bond motifs is 1. The molecule has 9 fully saturated rings. The average Bonchev–Trinajstić information content (AvgIpc) is 1.55. The van der Waals surface area contributed by atoms with Gasteiger partial charge in [0.05, 0.1) is 134 Å². The highest BCUT2D eigenvalue weighted by Crippen LogP contribution is 2.60. The maximum atomic E-state index is 9.14. The normalized spacial score (nSPS) is 27.4. The van der Waals surface area contributed by atoms with Gasteiger partial charge < -0.3 is 53.4 Å². The quantitative estimate of drug-likeness (QED) is 0.0207. The number of hydrogen-bond donors (Lipinski definition) is 9. The van der Waals surface area contributed by atoms with Crippen molar-refractivity contribution in [2.45, 2.75) is 95.4 Å². The molecular formula is C88H89Cl21N8O6S. The Balaban J connectivity index is 0.000000173. The van der Waals surface area contributed by atoms with Crippen LogP contribution in [0.4, 0.5) is 0 Å². The lowest BCUT2D eigenvalue weighted by molar-refractivity contribution is 0.264. The molecule has 15 atom stereocenters. The number of rotatable bonds is 19. The number of piperidine rings is 1. The lowest BCUT2D eigenvalue weighted by Crippen LogP contribution is -2.23. The third kappa shape index (κ3) is 26.8. The van der Waals surface area contributed by atoms with Crippen LogP contribution in [0.5, 0.6) is 0 Å². The summed E-state index contributed by atoms with van der Waals surface area (Å²) in [7, 11) is 7.36. The monoisotopic (exact) mass is 2120 g/mol. The summed E-state index contributed by atoms with van der Waals surface area (Å²) in [4.78, 5) is 0. The van der Waals surface area contributed by atoms with Gasteiger partial charge in [0.1, 0.15) is 0 Å². The van der Waals surface area contributed by atoms with Crippen LogP contribution in [0, 0.1) is 75.4 Å². The zero-order valence-corrected chi connectivity index (χ0v) is 82.8. The summed E-state index contributed by atoms with van der Waals surface area (Å²) < 4.78 is 13.8. The molecule has 2 aliphatic heterocycles. The van der Waals surface area contributed by atoms with Crippen LogP contribution in [0.15, 0.2) is 146 Å². The number of epoxide rings is 1. The minimum absolute atomic E-state index is 0.0275. The Morgan fingerprint density at radius 2 is 0.637 bits per heavy atom. The Morgan fingerprint density at radius 1 is 0.371 bits per heavy atom. The molecule has 9 aliphatic rings. The zero-order chi connectivity index (χ0) is 91.6. The summed E-state index contributed by atoms with van der Waals surface area (Å²) >= 11 is 111. The first kappa shape index (κ1) is 107. The Kier molecular flexibility index (Phi) is 41.8. The lowest BCUT2D eigenvalue weighted by Gasteiger charge is -2.15. The second-order valence-corrected chi connectivity index (χ2v) is 41.5. The molecule has 14 nitrogen and oxygen atoms in total. The highest BCUT2D eigenvalue weighted by atomic mass is 36.0. The molecule has 7 aliphatic carbocycles. The standard InChI is InChI=1S/2C11H12Cl3N.2C11H13Cl2NO.2C11H9Cl2NO.C11H11Cl2N.C8H5Cl2N.C3H5ClO.Cl2OS/c2*12-5-8-4-11(8,6-15)7-1-2-9(13)10(14)3-7;4*12-9-2-1-7(3-10(9)13)11(6-14)4-8(11)5-15;12-9-2-1-7(3-10(9)13)11-4-8(11)5-14-6-11;9-7-2-1-6(3-4-11)5-8(7)10;4-1-3-2-5-3;1-4(2)3/h2*1-3,8H,4-6,15H2;2*1-3,8,15H,4-6,14H2;2*1-3,8,15H,4-5H2;1-3,8,14H,4-6H2;1-2,5H,3H2;3H,1-2H2;/t8-,11+;8-,11-;8-,11+;8-,11-;8-,11+;8-,11-;8-,11+;;3-;/m1111111.1./s1. The van der Waals surface area contributed by atoms with E-state index in [2.05, 4.69) is 44.9 Å². The molecule has 0 bridgehead atoms. The van der Waals surface area contributed by atoms with Crippen LogP contribution in [0.3, 0.4) is 0 Å². The van der Waals surface area contributed by atoms with Crippen molar-refractivity contribution in [3.63, 3.8) is 0 Å². The molecule has 2 saturated heterocycles. The molecule has 124 heavy (non-hydrogen) atoms. The predicted octanol–water partition coefficient (Wildman–Crippen LogP) is 24.4. The van der Waals surface area contributed by atoms with E-state index in [0.29, 0.717) is 167 Å². The lowest BCUT2D eigenvalue weighted by atomic mass is 9.93. The Bertz CT molecular complexity index is 4770. The van der Waals surface area contributed by atoms with Gasteiger partial charge in [-0.3, -0.25) is 0 Å². The van der Waals surface area contributed by atoms with Gasteiger partial charge in [-0.1, -0.05) is 234 Å². The Morgan fingerprint density at radius 3 is 0.839 bits per heavy atom. The summed E-state index contributed by atoms with van der Waals surface area (Å²) in [5.74, 6) is 4.32. The van der Waals surface area contributed by atoms with E-state index in [-0.39, 0.29) is 71.8 Å². The van der Waals surface area contributed by atoms with E-state index in [9.17, 15) is 0 Å². The SMILES string of the molecule is ClC[C@@H]1CO1.Clc1ccc([C@]23CNC[C@H]2C3)cc1Cl.N#CCc1ccc(Cl)c(Cl)c1.N#C[C@@]1(c2ccc(Cl)c(Cl)c2)C[C@@H]1CO.N#C[C@]1(c2ccc(Cl)c(Cl)c2)C[C@@H]1CO.NC[C@@]1(c2ccc(Cl)c(Cl)c2)C[C@@H]1CCl.NC[C@@]1(c2ccc(Cl)c(Cl)c2)C[C@@H]1CO.NC[C@]1(c2ccc(Cl)c(Cl)c2)C[C@@H]1CCl.NC[C@]1(c2ccc(Cl)c(Cl)c2)C[C@@H]1CO.O=S(Cl)Cl. The van der Waals surface area contributed by atoms with Crippen LogP contribution in [0.25, 0.3) is 0 Å². The molecule has 17 rings (SSSR count). The van der Waals surface area contributed by atoms with Gasteiger partial charge in [0.2, 0.25) is 9.23 Å². The number of benzene rings is 8. The first-order chi connectivity index (χ1) is 58.9. The van der Waals surface area contributed by atoms with Gasteiger partial charge in [-0.05, 0) is 223 Å². The van der Waals surface area contributed by atoms with Crippen molar-refractivity contribution in [2.24, 2.45) is 64.4 Å². The van der Waals surface area contributed by atoms with Gasteiger partial charge in [-0.2, -0.15) is 15.8 Å². The molecule has 0 aromatic heterocycles. The van der Waals surface area contributed by atoms with Crippen molar-refractivity contribution in [3.05, 3.63) is 270 Å². The van der Waals surface area contributed by atoms with Gasteiger partial charge in [0.25, 0.3) is 0 Å². The molecule has 0 amide bonds. The Hall–Kier alpha value is -1.93. The van der Waals surface area contributed by atoms with Gasteiger partial charge in [-0.25, -0.2) is 4.21 Å². The van der Waals surface area contributed by atoms with Crippen LogP contribution in [-0.4, -0.2) is 121 Å². The zero-order valence-electron chi connectivity index (χ0n) is 66.1. The van der Waals surface area contributed by atoms with Crippen molar-refractivity contribution in [3.8, 4) is 18.2 Å². The summed E-state index contributed by atoms with van der Waals surface area (Å²) in [6, 6.07) is 50.7. The van der Waals surface area contributed by atoms with E-state index in [4.69, 9.17) is 289 Å². The van der Waals surface area contributed by atoms with E-state index in [1.54, 1.807) is 66.7 Å². The van der Waals surface area contributed by atoms with Gasteiger partial charge in [-0.15, -0.1) is 34.8 Å². The summed E-state index contributed by atoms with van der Waals surface area (Å²) in [6.07, 6.45) is 7.41. The minimum atomic E-state index is -1.67. The highest BCUT2D eigenvalue weighted by Gasteiger charge is 2.60. The largest absolute Gasteiger partial charge is 0.396 e. The van der Waals surface area contributed by atoms with Crippen LogP contribution in [0.2, 0.25) is 80.4 Å². The van der Waals surface area contributed by atoms with Gasteiger partial charge in [0.15, 0.2) is 0 Å². The van der Waals surface area contributed by atoms with E-state index >= 15 is 0 Å². The van der Waals surface area contributed by atoms with Crippen molar-refractivity contribution in [1.82, 2.24) is 5.32 Å². The molecule has 13 N–H and O–H groups in total. The highest BCUT2D eigenvalue weighted by molar-refractivity contribution is 8.26. The molecule has 8 aromatic carbocycles. The molecule has 670 valence electrons. The number of halogens is 21. The second kappa shape index (κ2) is 48.3. The van der Waals surface area contributed by atoms with Gasteiger partial charge >= 0.3 is 0 Å². The van der Waals surface area contributed by atoms with E-state index < -0.39 is 20.1 Å². The van der Waals surface area contributed by atoms with Crippen molar-refractivity contribution < 1.29 is 29.4 Å². The number of ether oxygens (including phenoxy) is 1. The molecule has 7 saturated carbocycles. The van der Waals surface area contributed by atoms with Crippen molar-refractivity contribution in [1.29, 1.82) is 15.8 Å². The molecule has 2 heterocycles. The van der Waals surface area contributed by atoms with E-state index in [1.807, 2.05) is 78.9 Å². The second-order valence-electron chi connectivity index (χ2n) is 31.5. The maximum Gasteiger partial charge on any atom is 0.211 e. The van der Waals surface area contributed by atoms with Crippen LogP contribution in [-0.2, 0) is 58.3 Å². The van der Waals surface area contributed by atoms with Crippen molar-refractivity contribution in [2.75, 3.05) is 89.9 Å². The fourth-order valence-electron chi connectivity index (χ4n) is 15.8. The number of aliphatic hydroxyl groups excluding tert-OH is 4. The number of nitrogens with zero attached hydrogens (tertiary/aromatic N) is 3. The fourth-order valence-corrected chi connectivity index (χ4v) is 19.2. The topological polar surface area (TPSA) is 298 Å². The number of nitriles is 3. The molecular weight excluding hydrogens is 2040 g/mol. The summed E-state index contributed by atoms with van der Waals surface area (Å²) in [5.41, 5.74) is 30.8. The maximum absolute atomic E-state index is 9.14. The third-order valence-corrected chi connectivity index (χ3v) is 31.5. The number of aliphatic hydroxyl groups is 4. The van der Waals surface area contributed by atoms with Crippen molar-refractivity contribution >= 4 is 251 Å². The number of alkyl halides is 3. The molecule has 0 radical (unpaired) electrons. The van der Waals surface area contributed by atoms with Gasteiger partial charge in [0, 0.05) is 131 Å². The summed E-state index contributed by atoms with van der Waals surface area (Å²) in [5, 5.41) is 75.2. The Labute approximate surface area is 831 Å².